The van der Waals surface area contributed by atoms with Crippen molar-refractivity contribution in [2.45, 2.75) is 26.6 Å². The first-order valence-corrected chi connectivity index (χ1v) is 10.1. The van der Waals surface area contributed by atoms with Gasteiger partial charge in [-0.25, -0.2) is 0 Å². The Hall–Kier alpha value is -3.79. The lowest BCUT2D eigenvalue weighted by molar-refractivity contribution is -0.0512. The van der Waals surface area contributed by atoms with Crippen LogP contribution in [0.5, 0.6) is 11.5 Å². The molecule has 172 valence electrons. The van der Waals surface area contributed by atoms with E-state index in [2.05, 4.69) is 20.1 Å². The highest BCUT2D eigenvalue weighted by Gasteiger charge is 2.22. The predicted molar refractivity (Wildman–Crippen MR) is 115 cm³/mol. The Morgan fingerprint density at radius 1 is 1.03 bits per heavy atom. The molecule has 0 N–H and O–H groups in total. The van der Waals surface area contributed by atoms with Gasteiger partial charge in [-0.05, 0) is 31.7 Å². The second kappa shape index (κ2) is 9.78. The minimum Gasteiger partial charge on any atom is -0.493 e. The number of rotatable bonds is 9. The van der Waals surface area contributed by atoms with Crippen LogP contribution in [0, 0.1) is 6.92 Å². The molecule has 10 heteroatoms. The Bertz CT molecular complexity index is 1210. The first kappa shape index (κ1) is 22.4. The summed E-state index contributed by atoms with van der Waals surface area (Å²) in [5.41, 5.74) is 2.91. The Labute approximate surface area is 188 Å². The van der Waals surface area contributed by atoms with E-state index < -0.39 is 6.61 Å². The van der Waals surface area contributed by atoms with Gasteiger partial charge in [0.15, 0.2) is 11.5 Å². The average Bonchev–Trinajstić information content (AvgIpc) is 3.40. The first-order chi connectivity index (χ1) is 15.9. The molecule has 4 rings (SSSR count). The molecule has 0 saturated heterocycles. The molecule has 0 bridgehead atoms. The van der Waals surface area contributed by atoms with Gasteiger partial charge >= 0.3 is 6.61 Å². The fourth-order valence-corrected chi connectivity index (χ4v) is 3.44. The predicted octanol–water partition coefficient (Wildman–Crippen LogP) is 4.94. The smallest absolute Gasteiger partial charge is 0.387 e. The van der Waals surface area contributed by atoms with Crippen molar-refractivity contribution in [1.82, 2.24) is 20.3 Å². The lowest BCUT2D eigenvalue weighted by Gasteiger charge is -2.16. The molecule has 2 heterocycles. The zero-order valence-electron chi connectivity index (χ0n) is 18.3. The third kappa shape index (κ3) is 5.17. The molecular weight excluding hydrogens is 434 g/mol. The Morgan fingerprint density at radius 2 is 1.82 bits per heavy atom. The van der Waals surface area contributed by atoms with Crippen molar-refractivity contribution >= 4 is 0 Å². The van der Waals surface area contributed by atoms with Crippen LogP contribution < -0.4 is 9.47 Å². The zero-order valence-corrected chi connectivity index (χ0v) is 18.3. The van der Waals surface area contributed by atoms with Crippen LogP contribution in [0.25, 0.3) is 22.7 Å². The van der Waals surface area contributed by atoms with Crippen molar-refractivity contribution in [2.24, 2.45) is 0 Å². The molecule has 0 aliphatic heterocycles. The molecule has 0 amide bonds. The number of aryl methyl sites for hydroxylation is 1. The molecule has 0 fully saturated rings. The maximum atomic E-state index is 12.7. The third-order valence-electron chi connectivity index (χ3n) is 4.89. The van der Waals surface area contributed by atoms with Gasteiger partial charge in [-0.3, -0.25) is 4.90 Å². The molecule has 8 nitrogen and oxygen atoms in total. The van der Waals surface area contributed by atoms with Crippen molar-refractivity contribution in [2.75, 3.05) is 14.2 Å². The fourth-order valence-electron chi connectivity index (χ4n) is 3.44. The molecule has 0 aliphatic rings. The second-order valence-electron chi connectivity index (χ2n) is 7.37. The number of nitrogens with zero attached hydrogens (tertiary/aromatic N) is 4. The van der Waals surface area contributed by atoms with Gasteiger partial charge < -0.3 is 18.4 Å². The molecule has 0 unspecified atom stereocenters. The Balaban J connectivity index is 1.48. The van der Waals surface area contributed by atoms with Crippen LogP contribution in [0.2, 0.25) is 0 Å². The quantitative estimate of drug-likeness (QED) is 0.350. The lowest BCUT2D eigenvalue weighted by atomic mass is 10.1. The number of halogens is 2. The van der Waals surface area contributed by atoms with Gasteiger partial charge in [-0.2, -0.15) is 8.78 Å². The summed E-state index contributed by atoms with van der Waals surface area (Å²) in [5, 5.41) is 12.5. The summed E-state index contributed by atoms with van der Waals surface area (Å²) in [6, 6.07) is 14.5. The lowest BCUT2D eigenvalue weighted by Crippen LogP contribution is -2.17. The topological polar surface area (TPSA) is 86.7 Å². The fraction of sp³-hybridized carbons (Fsp3) is 0.261. The van der Waals surface area contributed by atoms with Crippen molar-refractivity contribution in [3.8, 4) is 34.2 Å². The summed E-state index contributed by atoms with van der Waals surface area (Å²) < 4.78 is 46.2. The summed E-state index contributed by atoms with van der Waals surface area (Å²) >= 11 is 0. The summed E-state index contributed by atoms with van der Waals surface area (Å²) in [5.74, 6) is 1.50. The minimum absolute atomic E-state index is 0.0187. The van der Waals surface area contributed by atoms with Gasteiger partial charge in [0.05, 0.1) is 13.7 Å². The minimum atomic E-state index is -2.94. The molecule has 0 aliphatic carbocycles. The molecule has 0 spiro atoms. The van der Waals surface area contributed by atoms with Gasteiger partial charge in [0.1, 0.15) is 17.0 Å². The normalized spacial score (nSPS) is 11.4. The van der Waals surface area contributed by atoms with Crippen LogP contribution in [0.4, 0.5) is 8.78 Å². The number of hydrogen-bond donors (Lipinski definition) is 0. The maximum absolute atomic E-state index is 12.7. The molecule has 2 aromatic carbocycles. The third-order valence-corrected chi connectivity index (χ3v) is 4.89. The van der Waals surface area contributed by atoms with Crippen molar-refractivity contribution in [1.29, 1.82) is 0 Å². The van der Waals surface area contributed by atoms with E-state index in [0.29, 0.717) is 41.9 Å². The summed E-state index contributed by atoms with van der Waals surface area (Å²) in [4.78, 5) is 1.91. The van der Waals surface area contributed by atoms with E-state index >= 15 is 0 Å². The number of aromatic nitrogens is 3. The molecule has 4 aromatic rings. The number of methoxy groups -OCH3 is 1. The van der Waals surface area contributed by atoms with Gasteiger partial charge in [0.2, 0.25) is 5.89 Å². The van der Waals surface area contributed by atoms with Gasteiger partial charge in [-0.1, -0.05) is 41.6 Å². The molecule has 33 heavy (non-hydrogen) atoms. The van der Waals surface area contributed by atoms with E-state index in [9.17, 15) is 8.78 Å². The van der Waals surface area contributed by atoms with E-state index in [-0.39, 0.29) is 11.5 Å². The Morgan fingerprint density at radius 3 is 2.55 bits per heavy atom. The largest absolute Gasteiger partial charge is 0.493 e. The molecule has 0 saturated carbocycles. The SMILES string of the molecule is COc1ccc(CN(C)Cc2nnc(-c3c(-c4ccccc4)noc3C)o2)cc1OC(F)F. The van der Waals surface area contributed by atoms with Crippen LogP contribution in [0.3, 0.4) is 0 Å². The highest BCUT2D eigenvalue weighted by molar-refractivity contribution is 5.77. The van der Waals surface area contributed by atoms with Crippen LogP contribution in [-0.4, -0.2) is 41.0 Å². The van der Waals surface area contributed by atoms with Crippen LogP contribution in [0.15, 0.2) is 57.5 Å². The molecular formula is C23H22F2N4O4. The average molecular weight is 456 g/mol. The van der Waals surface area contributed by atoms with E-state index in [1.807, 2.05) is 42.3 Å². The standard InChI is InChI=1S/C23H22F2N4O4/c1-14-20(21(28-33-14)16-7-5-4-6-8-16)22-27-26-19(32-22)13-29(2)12-15-9-10-17(30-3)18(11-15)31-23(24)25/h4-11,23H,12-13H2,1-3H3. The maximum Gasteiger partial charge on any atom is 0.387 e. The number of hydrogen-bond acceptors (Lipinski definition) is 8. The monoisotopic (exact) mass is 456 g/mol. The van der Waals surface area contributed by atoms with Gasteiger partial charge in [-0.15, -0.1) is 10.2 Å². The second-order valence-corrected chi connectivity index (χ2v) is 7.37. The summed E-state index contributed by atoms with van der Waals surface area (Å²) in [6.45, 7) is -0.379. The van der Waals surface area contributed by atoms with Crippen molar-refractivity contribution < 1.29 is 27.2 Å². The van der Waals surface area contributed by atoms with Crippen LogP contribution in [-0.2, 0) is 13.1 Å². The molecule has 2 aromatic heterocycles. The number of benzene rings is 2. The van der Waals surface area contributed by atoms with E-state index in [4.69, 9.17) is 13.7 Å². The first-order valence-electron chi connectivity index (χ1n) is 10.1. The van der Waals surface area contributed by atoms with E-state index in [1.54, 1.807) is 19.1 Å². The molecule has 0 atom stereocenters. The highest BCUT2D eigenvalue weighted by atomic mass is 19.3. The summed E-state index contributed by atoms with van der Waals surface area (Å²) in [7, 11) is 3.24. The van der Waals surface area contributed by atoms with E-state index in [1.165, 1.54) is 13.2 Å². The van der Waals surface area contributed by atoms with Crippen molar-refractivity contribution in [3.05, 3.63) is 65.7 Å². The molecule has 0 radical (unpaired) electrons. The van der Waals surface area contributed by atoms with Gasteiger partial charge in [0.25, 0.3) is 5.89 Å². The zero-order chi connectivity index (χ0) is 23.4. The Kier molecular flexibility index (Phi) is 6.64. The van der Waals surface area contributed by atoms with Gasteiger partial charge in [0, 0.05) is 12.1 Å². The highest BCUT2D eigenvalue weighted by Crippen LogP contribution is 2.33. The number of alkyl halides is 2. The summed E-state index contributed by atoms with van der Waals surface area (Å²) in [6.07, 6.45) is 0. The number of ether oxygens (including phenoxy) is 2. The van der Waals surface area contributed by atoms with Crippen LogP contribution >= 0.6 is 0 Å². The van der Waals surface area contributed by atoms with E-state index in [0.717, 1.165) is 11.1 Å². The van der Waals surface area contributed by atoms with Crippen molar-refractivity contribution in [3.63, 3.8) is 0 Å². The van der Waals surface area contributed by atoms with Crippen LogP contribution in [0.1, 0.15) is 17.2 Å².